The van der Waals surface area contributed by atoms with E-state index in [1.807, 2.05) is 6.07 Å². The van der Waals surface area contributed by atoms with Crippen molar-refractivity contribution in [2.24, 2.45) is 0 Å². The topological polar surface area (TPSA) is 109 Å². The van der Waals surface area contributed by atoms with Crippen LogP contribution in [-0.4, -0.2) is 46.4 Å². The second-order valence-electron chi connectivity index (χ2n) is 4.13. The number of carbonyl (C=O) groups excluding carboxylic acids is 1. The quantitative estimate of drug-likeness (QED) is 0.587. The van der Waals surface area contributed by atoms with Crippen molar-refractivity contribution in [3.05, 3.63) is 10.4 Å². The number of amides is 1. The summed E-state index contributed by atoms with van der Waals surface area (Å²) in [6, 6.07) is 2.03. The Balaban J connectivity index is 2.52. The molecule has 0 atom stereocenters. The number of methoxy groups -OCH3 is 1. The van der Waals surface area contributed by atoms with E-state index in [-0.39, 0.29) is 11.6 Å². The van der Waals surface area contributed by atoms with Crippen LogP contribution >= 0.6 is 11.3 Å². The highest BCUT2D eigenvalue weighted by Crippen LogP contribution is 2.34. The molecule has 8 heteroatoms. The summed E-state index contributed by atoms with van der Waals surface area (Å²) in [5.41, 5.74) is 6.37. The summed E-state index contributed by atoms with van der Waals surface area (Å²) in [6.07, 6.45) is 0.779. The molecule has 116 valence electrons. The maximum absolute atomic E-state index is 11.6. The zero-order chi connectivity index (χ0) is 15.7. The van der Waals surface area contributed by atoms with Crippen molar-refractivity contribution in [2.45, 2.75) is 6.42 Å². The zero-order valence-electron chi connectivity index (χ0n) is 12.2. The van der Waals surface area contributed by atoms with Gasteiger partial charge in [-0.2, -0.15) is 5.26 Å². The van der Waals surface area contributed by atoms with E-state index in [0.29, 0.717) is 41.8 Å². The first-order valence-corrected chi connectivity index (χ1v) is 7.32. The molecule has 0 aliphatic carbocycles. The summed E-state index contributed by atoms with van der Waals surface area (Å²) in [7, 11) is 3.15. The van der Waals surface area contributed by atoms with Gasteiger partial charge in [0.15, 0.2) is 0 Å². The minimum Gasteiger partial charge on any atom is -0.396 e. The van der Waals surface area contributed by atoms with Crippen LogP contribution < -0.4 is 16.4 Å². The molecule has 4 N–H and O–H groups in total. The molecule has 1 aromatic heterocycles. The van der Waals surface area contributed by atoms with Crippen LogP contribution in [0.15, 0.2) is 0 Å². The molecule has 7 nitrogen and oxygen atoms in total. The van der Waals surface area contributed by atoms with Gasteiger partial charge >= 0.3 is 0 Å². The third kappa shape index (κ3) is 4.90. The second-order valence-corrected chi connectivity index (χ2v) is 5.15. The van der Waals surface area contributed by atoms with Gasteiger partial charge in [0.1, 0.15) is 21.5 Å². The molecule has 0 unspecified atom stereocenters. The molecule has 1 heterocycles. The van der Waals surface area contributed by atoms with E-state index in [1.54, 1.807) is 7.11 Å². The monoisotopic (exact) mass is 312 g/mol. The molecule has 0 saturated heterocycles. The predicted octanol–water partition coefficient (Wildman–Crippen LogP) is 1.03. The number of nitrogens with two attached hydrogens (primary N) is 1. The zero-order valence-corrected chi connectivity index (χ0v) is 13.0. The van der Waals surface area contributed by atoms with Crippen molar-refractivity contribution in [1.29, 1.82) is 5.26 Å². The lowest BCUT2D eigenvalue weighted by molar-refractivity contribution is 0.0705. The summed E-state index contributed by atoms with van der Waals surface area (Å²) in [4.78, 5) is 12.0. The van der Waals surface area contributed by atoms with Crippen molar-refractivity contribution in [1.82, 2.24) is 5.32 Å². The Morgan fingerprint density at radius 1 is 1.43 bits per heavy atom. The van der Waals surface area contributed by atoms with Gasteiger partial charge in [0.05, 0.1) is 18.9 Å². The lowest BCUT2D eigenvalue weighted by Crippen LogP contribution is -2.17. The third-order valence-electron chi connectivity index (χ3n) is 2.67. The van der Waals surface area contributed by atoms with Gasteiger partial charge in [-0.1, -0.05) is 0 Å². The van der Waals surface area contributed by atoms with Crippen molar-refractivity contribution in [2.75, 3.05) is 51.6 Å². The number of nitrogen functional groups attached to an aromatic ring is 1. The first-order chi connectivity index (χ1) is 10.2. The molecule has 0 aromatic carbocycles. The number of hydrogen-bond acceptors (Lipinski definition) is 7. The van der Waals surface area contributed by atoms with Gasteiger partial charge < -0.3 is 25.8 Å². The van der Waals surface area contributed by atoms with Gasteiger partial charge in [0.25, 0.3) is 5.91 Å². The van der Waals surface area contributed by atoms with E-state index in [1.165, 1.54) is 18.4 Å². The Kier molecular flexibility index (Phi) is 7.53. The summed E-state index contributed by atoms with van der Waals surface area (Å²) in [6.45, 7) is 2.37. The van der Waals surface area contributed by atoms with E-state index < -0.39 is 0 Å². The largest absolute Gasteiger partial charge is 0.396 e. The fourth-order valence-corrected chi connectivity index (χ4v) is 2.62. The van der Waals surface area contributed by atoms with Gasteiger partial charge in [0.2, 0.25) is 0 Å². The normalized spacial score (nSPS) is 10.1. The van der Waals surface area contributed by atoms with Crippen LogP contribution in [0.1, 0.15) is 21.7 Å². The Morgan fingerprint density at radius 2 is 2.19 bits per heavy atom. The van der Waals surface area contributed by atoms with Crippen LogP contribution in [0, 0.1) is 11.3 Å². The average Bonchev–Trinajstić information content (AvgIpc) is 2.81. The van der Waals surface area contributed by atoms with Crippen LogP contribution in [-0.2, 0) is 9.47 Å². The second kappa shape index (κ2) is 9.18. The molecule has 1 amide bonds. The summed E-state index contributed by atoms with van der Waals surface area (Å²) in [5.74, 6) is -0.287. The number of carbonyl (C=O) groups is 1. The lowest BCUT2D eigenvalue weighted by Gasteiger charge is -2.05. The molecule has 0 aliphatic heterocycles. The standard InChI is InChI=1S/C13H20N4O3S/c1-16-12(18)11-10(15)9(8-14)13(21-11)17-4-3-5-20-7-6-19-2/h17H,3-7,15H2,1-2H3,(H,16,18). The molecule has 0 fully saturated rings. The molecule has 0 spiro atoms. The van der Waals surface area contributed by atoms with Crippen LogP contribution in [0.4, 0.5) is 10.7 Å². The highest BCUT2D eigenvalue weighted by Gasteiger charge is 2.19. The van der Waals surface area contributed by atoms with Gasteiger partial charge in [0, 0.05) is 27.3 Å². The summed E-state index contributed by atoms with van der Waals surface area (Å²) in [5, 5.41) is 15.4. The maximum atomic E-state index is 11.6. The number of nitriles is 1. The number of rotatable bonds is 9. The highest BCUT2D eigenvalue weighted by molar-refractivity contribution is 7.18. The SMILES string of the molecule is CNC(=O)c1sc(NCCCOCCOC)c(C#N)c1N. The average molecular weight is 312 g/mol. The van der Waals surface area contributed by atoms with Crippen LogP contribution in [0.25, 0.3) is 0 Å². The van der Waals surface area contributed by atoms with E-state index in [9.17, 15) is 4.79 Å². The minimum atomic E-state index is -0.287. The highest BCUT2D eigenvalue weighted by atomic mass is 32.1. The molecule has 0 bridgehead atoms. The fourth-order valence-electron chi connectivity index (χ4n) is 1.58. The summed E-state index contributed by atoms with van der Waals surface area (Å²) < 4.78 is 10.2. The predicted molar refractivity (Wildman–Crippen MR) is 82.6 cm³/mol. The molecule has 1 aromatic rings. The van der Waals surface area contributed by atoms with E-state index in [2.05, 4.69) is 10.6 Å². The van der Waals surface area contributed by atoms with E-state index in [0.717, 1.165) is 6.42 Å². The van der Waals surface area contributed by atoms with Crippen molar-refractivity contribution >= 4 is 27.9 Å². The molecule has 0 aliphatic rings. The Labute approximate surface area is 128 Å². The Hall–Kier alpha value is -1.82. The fraction of sp³-hybridized carbons (Fsp3) is 0.538. The first kappa shape index (κ1) is 17.2. The van der Waals surface area contributed by atoms with Crippen molar-refractivity contribution < 1.29 is 14.3 Å². The van der Waals surface area contributed by atoms with Gasteiger partial charge in [-0.25, -0.2) is 0 Å². The Morgan fingerprint density at radius 3 is 2.81 bits per heavy atom. The number of hydrogen-bond donors (Lipinski definition) is 3. The van der Waals surface area contributed by atoms with E-state index in [4.69, 9.17) is 20.5 Å². The van der Waals surface area contributed by atoms with Crippen molar-refractivity contribution in [3.63, 3.8) is 0 Å². The molecule has 21 heavy (non-hydrogen) atoms. The smallest absolute Gasteiger partial charge is 0.263 e. The molecular weight excluding hydrogens is 292 g/mol. The van der Waals surface area contributed by atoms with Gasteiger partial charge in [-0.05, 0) is 6.42 Å². The number of thiophene rings is 1. The first-order valence-electron chi connectivity index (χ1n) is 6.50. The molecule has 1 rings (SSSR count). The van der Waals surface area contributed by atoms with Crippen LogP contribution in [0.3, 0.4) is 0 Å². The van der Waals surface area contributed by atoms with Gasteiger partial charge in [-0.3, -0.25) is 4.79 Å². The number of ether oxygens (including phenoxy) is 2. The summed E-state index contributed by atoms with van der Waals surface area (Å²) >= 11 is 1.18. The lowest BCUT2D eigenvalue weighted by atomic mass is 10.2. The van der Waals surface area contributed by atoms with Crippen molar-refractivity contribution in [3.8, 4) is 6.07 Å². The number of nitrogens with zero attached hydrogens (tertiary/aromatic N) is 1. The van der Waals surface area contributed by atoms with Gasteiger partial charge in [-0.15, -0.1) is 11.3 Å². The van der Waals surface area contributed by atoms with Crippen LogP contribution in [0.5, 0.6) is 0 Å². The molecule has 0 radical (unpaired) electrons. The number of nitrogens with one attached hydrogen (secondary N) is 2. The maximum Gasteiger partial charge on any atom is 0.263 e. The minimum absolute atomic E-state index is 0.223. The van der Waals surface area contributed by atoms with Crippen LogP contribution in [0.2, 0.25) is 0 Å². The third-order valence-corrected chi connectivity index (χ3v) is 3.84. The number of anilines is 2. The molecule has 0 saturated carbocycles. The van der Waals surface area contributed by atoms with E-state index >= 15 is 0 Å². The molecular formula is C13H20N4O3S. The Bertz CT molecular complexity index is 510.